The first-order valence-corrected chi connectivity index (χ1v) is 8.99. The standard InChI is InChI=1S/C18H19F3N6O/c1-11-4-6-12(7-5-11)9-22-15-14-16(24-17(23-15)18(19,20)21)27(26-25-14)10-13-3-2-8-28-13/h4-7,13H,2-3,8-10H2,1H3,(H,22,23,24)/t13-/m1/s1. The minimum atomic E-state index is -4.67. The number of hydrogen-bond acceptors (Lipinski definition) is 6. The number of aromatic nitrogens is 5. The number of halogens is 3. The largest absolute Gasteiger partial charge is 0.451 e. The van der Waals surface area contributed by atoms with Gasteiger partial charge >= 0.3 is 6.18 Å². The van der Waals surface area contributed by atoms with Gasteiger partial charge < -0.3 is 10.1 Å². The number of hydrogen-bond donors (Lipinski definition) is 1. The van der Waals surface area contributed by atoms with E-state index in [9.17, 15) is 13.2 Å². The fourth-order valence-electron chi connectivity index (χ4n) is 3.10. The second-order valence-corrected chi connectivity index (χ2v) is 6.81. The Hall–Kier alpha value is -2.75. The number of ether oxygens (including phenoxy) is 1. The number of benzene rings is 1. The maximum Gasteiger partial charge on any atom is 0.451 e. The van der Waals surface area contributed by atoms with Gasteiger partial charge in [-0.2, -0.15) is 13.2 Å². The average molecular weight is 392 g/mol. The van der Waals surface area contributed by atoms with Crippen LogP contribution in [0.15, 0.2) is 24.3 Å². The van der Waals surface area contributed by atoms with Crippen LogP contribution >= 0.6 is 0 Å². The summed E-state index contributed by atoms with van der Waals surface area (Å²) in [7, 11) is 0. The van der Waals surface area contributed by atoms with Crippen molar-refractivity contribution in [2.75, 3.05) is 11.9 Å². The van der Waals surface area contributed by atoms with Gasteiger partial charge in [0.1, 0.15) is 0 Å². The van der Waals surface area contributed by atoms with Gasteiger partial charge in [0.2, 0.25) is 5.82 Å². The molecule has 1 aromatic carbocycles. The third-order valence-corrected chi connectivity index (χ3v) is 4.60. The van der Waals surface area contributed by atoms with Gasteiger partial charge in [-0.05, 0) is 25.3 Å². The van der Waals surface area contributed by atoms with Crippen molar-refractivity contribution in [1.82, 2.24) is 25.0 Å². The summed E-state index contributed by atoms with van der Waals surface area (Å²) >= 11 is 0. The van der Waals surface area contributed by atoms with E-state index < -0.39 is 12.0 Å². The van der Waals surface area contributed by atoms with Gasteiger partial charge in [-0.1, -0.05) is 35.0 Å². The van der Waals surface area contributed by atoms with Crippen molar-refractivity contribution in [2.24, 2.45) is 0 Å². The van der Waals surface area contributed by atoms with E-state index in [1.54, 1.807) is 0 Å². The highest BCUT2D eigenvalue weighted by atomic mass is 19.4. The molecular weight excluding hydrogens is 373 g/mol. The Balaban J connectivity index is 1.67. The summed E-state index contributed by atoms with van der Waals surface area (Å²) in [5, 5.41) is 10.9. The number of nitrogens with zero attached hydrogens (tertiary/aromatic N) is 5. The molecule has 0 radical (unpaired) electrons. The first kappa shape index (κ1) is 18.6. The van der Waals surface area contributed by atoms with Gasteiger partial charge in [0.25, 0.3) is 0 Å². The Bertz CT molecular complexity index is 964. The molecule has 1 saturated heterocycles. The van der Waals surface area contributed by atoms with Crippen molar-refractivity contribution in [1.29, 1.82) is 0 Å². The highest BCUT2D eigenvalue weighted by Gasteiger charge is 2.36. The normalized spacial score (nSPS) is 17.4. The molecule has 10 heteroatoms. The molecule has 0 aliphatic carbocycles. The maximum atomic E-state index is 13.3. The van der Waals surface area contributed by atoms with Crippen LogP contribution in [-0.4, -0.2) is 37.7 Å². The summed E-state index contributed by atoms with van der Waals surface area (Å²) in [6.45, 7) is 3.22. The summed E-state index contributed by atoms with van der Waals surface area (Å²) in [4.78, 5) is 7.34. The monoisotopic (exact) mass is 392 g/mol. The smallest absolute Gasteiger partial charge is 0.376 e. The number of rotatable bonds is 5. The number of aryl methyl sites for hydroxylation is 1. The molecule has 148 valence electrons. The lowest BCUT2D eigenvalue weighted by atomic mass is 10.1. The zero-order valence-electron chi connectivity index (χ0n) is 15.2. The van der Waals surface area contributed by atoms with E-state index in [1.807, 2.05) is 31.2 Å². The van der Waals surface area contributed by atoms with Crippen LogP contribution in [-0.2, 0) is 24.0 Å². The van der Waals surface area contributed by atoms with Gasteiger partial charge in [-0.25, -0.2) is 14.6 Å². The lowest BCUT2D eigenvalue weighted by Crippen LogP contribution is -2.18. The maximum absolute atomic E-state index is 13.3. The van der Waals surface area contributed by atoms with Crippen molar-refractivity contribution in [3.05, 3.63) is 41.2 Å². The summed E-state index contributed by atoms with van der Waals surface area (Å²) in [5.74, 6) is -1.21. The van der Waals surface area contributed by atoms with E-state index >= 15 is 0 Å². The molecule has 2 aromatic heterocycles. The lowest BCUT2D eigenvalue weighted by molar-refractivity contribution is -0.144. The predicted octanol–water partition coefficient (Wildman–Crippen LogP) is 3.34. The molecule has 7 nitrogen and oxygen atoms in total. The Labute approximate surface area is 158 Å². The summed E-state index contributed by atoms with van der Waals surface area (Å²) in [6.07, 6.45) is -3.02. The molecule has 1 fully saturated rings. The first-order chi connectivity index (χ1) is 13.4. The van der Waals surface area contributed by atoms with Gasteiger partial charge in [-0.3, -0.25) is 0 Å². The minimum Gasteiger partial charge on any atom is -0.376 e. The summed E-state index contributed by atoms with van der Waals surface area (Å²) in [6, 6.07) is 7.68. The van der Waals surface area contributed by atoms with Gasteiger partial charge in [0.05, 0.1) is 12.6 Å². The quantitative estimate of drug-likeness (QED) is 0.718. The second kappa shape index (κ2) is 7.34. The lowest BCUT2D eigenvalue weighted by Gasteiger charge is -2.12. The topological polar surface area (TPSA) is 77.8 Å². The highest BCUT2D eigenvalue weighted by molar-refractivity contribution is 5.82. The van der Waals surface area contributed by atoms with Crippen molar-refractivity contribution >= 4 is 17.0 Å². The van der Waals surface area contributed by atoms with E-state index in [0.717, 1.165) is 24.0 Å². The predicted molar refractivity (Wildman–Crippen MR) is 95.6 cm³/mol. The molecule has 0 saturated carbocycles. The minimum absolute atomic E-state index is 0.0106. The molecule has 1 N–H and O–H groups in total. The van der Waals surface area contributed by atoms with E-state index in [0.29, 0.717) is 19.7 Å². The SMILES string of the molecule is Cc1ccc(CNc2nc(C(F)(F)F)nc3c2nnn3C[C@H]2CCCO2)cc1. The molecule has 1 aliphatic rings. The first-order valence-electron chi connectivity index (χ1n) is 8.99. The van der Waals surface area contributed by atoms with E-state index in [4.69, 9.17) is 4.74 Å². The zero-order chi connectivity index (χ0) is 19.7. The van der Waals surface area contributed by atoms with Crippen LogP contribution in [0, 0.1) is 6.92 Å². The molecule has 3 aromatic rings. The van der Waals surface area contributed by atoms with E-state index in [2.05, 4.69) is 25.6 Å². The van der Waals surface area contributed by atoms with Crippen LogP contribution in [0.4, 0.5) is 19.0 Å². The van der Waals surface area contributed by atoms with Crippen LogP contribution in [0.3, 0.4) is 0 Å². The Morgan fingerprint density at radius 2 is 2.00 bits per heavy atom. The van der Waals surface area contributed by atoms with Crippen molar-refractivity contribution in [3.63, 3.8) is 0 Å². The highest BCUT2D eigenvalue weighted by Crippen LogP contribution is 2.30. The zero-order valence-corrected chi connectivity index (χ0v) is 15.2. The van der Waals surface area contributed by atoms with Crippen LogP contribution in [0.1, 0.15) is 29.8 Å². The third-order valence-electron chi connectivity index (χ3n) is 4.60. The van der Waals surface area contributed by atoms with Crippen LogP contribution < -0.4 is 5.32 Å². The number of fused-ring (bicyclic) bond motifs is 1. The van der Waals surface area contributed by atoms with E-state index in [1.165, 1.54) is 4.68 Å². The van der Waals surface area contributed by atoms with Crippen molar-refractivity contribution in [3.8, 4) is 0 Å². The third kappa shape index (κ3) is 3.91. The van der Waals surface area contributed by atoms with Gasteiger partial charge in [0.15, 0.2) is 17.0 Å². The fraction of sp³-hybridized carbons (Fsp3) is 0.444. The molecule has 4 rings (SSSR count). The molecule has 28 heavy (non-hydrogen) atoms. The van der Waals surface area contributed by atoms with Crippen LogP contribution in [0.25, 0.3) is 11.2 Å². The van der Waals surface area contributed by atoms with Crippen molar-refractivity contribution in [2.45, 2.75) is 45.1 Å². The van der Waals surface area contributed by atoms with Gasteiger partial charge in [0, 0.05) is 13.2 Å². The fourth-order valence-corrected chi connectivity index (χ4v) is 3.10. The number of alkyl halides is 3. The second-order valence-electron chi connectivity index (χ2n) is 6.81. The summed E-state index contributed by atoms with van der Waals surface area (Å²) in [5.41, 5.74) is 2.27. The van der Waals surface area contributed by atoms with Gasteiger partial charge in [-0.15, -0.1) is 5.10 Å². The molecule has 0 spiro atoms. The number of nitrogens with one attached hydrogen (secondary N) is 1. The molecular formula is C18H19F3N6O. The average Bonchev–Trinajstić information content (AvgIpc) is 3.31. The molecule has 1 aliphatic heterocycles. The Morgan fingerprint density at radius 3 is 2.68 bits per heavy atom. The van der Waals surface area contributed by atoms with E-state index in [-0.39, 0.29) is 23.1 Å². The number of anilines is 1. The molecule has 0 unspecified atom stereocenters. The van der Waals surface area contributed by atoms with Crippen LogP contribution in [0.5, 0.6) is 0 Å². The molecule has 3 heterocycles. The van der Waals surface area contributed by atoms with Crippen LogP contribution in [0.2, 0.25) is 0 Å². The Kier molecular flexibility index (Phi) is 4.88. The molecule has 1 atom stereocenters. The Morgan fingerprint density at radius 1 is 1.21 bits per heavy atom. The molecule has 0 amide bonds. The van der Waals surface area contributed by atoms with Crippen molar-refractivity contribution < 1.29 is 17.9 Å². The summed E-state index contributed by atoms with van der Waals surface area (Å²) < 4.78 is 46.9. The molecule has 0 bridgehead atoms.